The van der Waals surface area contributed by atoms with E-state index in [1.807, 2.05) is 0 Å². The molecule has 0 bridgehead atoms. The Labute approximate surface area is 244 Å². The van der Waals surface area contributed by atoms with Crippen molar-refractivity contribution in [2.45, 2.75) is 38.8 Å². The highest BCUT2D eigenvalue weighted by molar-refractivity contribution is 5.94. The van der Waals surface area contributed by atoms with E-state index in [0.717, 1.165) is 38.9 Å². The second-order valence-corrected chi connectivity index (χ2v) is 9.97. The van der Waals surface area contributed by atoms with Crippen LogP contribution in [0.5, 0.6) is 17.2 Å². The summed E-state index contributed by atoms with van der Waals surface area (Å²) in [6.07, 6.45) is -1.54. The predicted octanol–water partition coefficient (Wildman–Crippen LogP) is 6.61. The molecule has 1 fully saturated rings. The monoisotopic (exact) mass is 595 g/mol. The van der Waals surface area contributed by atoms with E-state index < -0.39 is 17.5 Å². The molecule has 3 aromatic carbocycles. The molecule has 3 N–H and O–H groups in total. The highest BCUT2D eigenvalue weighted by atomic mass is 35.5. The van der Waals surface area contributed by atoms with Gasteiger partial charge in [0.1, 0.15) is 11.3 Å². The third-order valence-corrected chi connectivity index (χ3v) is 7.28. The smallest absolute Gasteiger partial charge is 0.420 e. The summed E-state index contributed by atoms with van der Waals surface area (Å²) in [5.41, 5.74) is 0.758. The molecule has 3 aromatic rings. The lowest BCUT2D eigenvalue weighted by molar-refractivity contribution is -0.138. The van der Waals surface area contributed by atoms with Crippen LogP contribution in [0.3, 0.4) is 0 Å². The van der Waals surface area contributed by atoms with Gasteiger partial charge in [-0.3, -0.25) is 4.79 Å². The Morgan fingerprint density at radius 3 is 2.32 bits per heavy atom. The van der Waals surface area contributed by atoms with Crippen molar-refractivity contribution in [1.29, 1.82) is 0 Å². The fraction of sp³-hybridized carbons (Fsp3) is 0.387. The summed E-state index contributed by atoms with van der Waals surface area (Å²) in [6.45, 7) is 4.60. The van der Waals surface area contributed by atoms with Crippen LogP contribution < -0.4 is 9.47 Å². The van der Waals surface area contributed by atoms with Gasteiger partial charge in [-0.05, 0) is 87.0 Å². The number of carbonyl (C=O) groups is 1. The molecule has 6 nitrogen and oxygen atoms in total. The summed E-state index contributed by atoms with van der Waals surface area (Å²) >= 11 is 0. The molecule has 0 radical (unpaired) electrons. The zero-order valence-electron chi connectivity index (χ0n) is 23.2. The van der Waals surface area contributed by atoms with Gasteiger partial charge in [0, 0.05) is 17.7 Å². The molecule has 10 heteroatoms. The van der Waals surface area contributed by atoms with Crippen LogP contribution >= 0.6 is 12.4 Å². The van der Waals surface area contributed by atoms with Gasteiger partial charge in [0.15, 0.2) is 17.3 Å². The molecule has 1 saturated heterocycles. The minimum absolute atomic E-state index is 0. The van der Waals surface area contributed by atoms with Crippen LogP contribution in [0.25, 0.3) is 11.1 Å². The van der Waals surface area contributed by atoms with Crippen LogP contribution in [0.2, 0.25) is 0 Å². The number of halogens is 4. The van der Waals surface area contributed by atoms with Crippen LogP contribution in [0.4, 0.5) is 13.2 Å². The van der Waals surface area contributed by atoms with Gasteiger partial charge in [-0.15, -0.1) is 12.4 Å². The van der Waals surface area contributed by atoms with Crippen LogP contribution in [0, 0.1) is 5.92 Å². The zero-order valence-corrected chi connectivity index (χ0v) is 24.0. The molecule has 224 valence electrons. The van der Waals surface area contributed by atoms with Gasteiger partial charge >= 0.3 is 6.18 Å². The largest absolute Gasteiger partial charge is 0.507 e. The van der Waals surface area contributed by atoms with E-state index in [1.165, 1.54) is 13.0 Å². The number of methoxy groups -OCH3 is 1. The third-order valence-electron chi connectivity index (χ3n) is 7.28. The Bertz CT molecular complexity index is 1280. The number of hydrogen-bond donors (Lipinski definition) is 1. The standard InChI is InChI=1S/C31H34F3NO4.ClH.H2O/c1-21(36)24-10-12-27(28(20-24)38-2)39-18-6-15-35-16-13-22(14-17-35)19-25-9-11-26(37)30(31(32,33)34)29(25)23-7-4-3-5-8-23;;/h3-5,7-12,20,22,37H,6,13-19H2,1-2H3;1H;1H2. The normalized spacial score (nSPS) is 14.1. The van der Waals surface area contributed by atoms with E-state index in [1.54, 1.807) is 61.7 Å². The molecular formula is C31H37ClF3NO5. The summed E-state index contributed by atoms with van der Waals surface area (Å²) in [5.74, 6) is 0.610. The van der Waals surface area contributed by atoms with Crippen molar-refractivity contribution < 1.29 is 38.0 Å². The summed E-state index contributed by atoms with van der Waals surface area (Å²) in [4.78, 5) is 13.9. The fourth-order valence-corrected chi connectivity index (χ4v) is 5.23. The Hall–Kier alpha value is -3.27. The van der Waals surface area contributed by atoms with Crippen molar-refractivity contribution >= 4 is 18.2 Å². The van der Waals surface area contributed by atoms with E-state index in [-0.39, 0.29) is 35.1 Å². The Kier molecular flexibility index (Phi) is 12.5. The number of piperidine rings is 1. The van der Waals surface area contributed by atoms with Gasteiger partial charge < -0.3 is 25.0 Å². The maximum Gasteiger partial charge on any atom is 0.420 e. The lowest BCUT2D eigenvalue weighted by Gasteiger charge is -2.32. The van der Waals surface area contributed by atoms with E-state index in [0.29, 0.717) is 41.2 Å². The van der Waals surface area contributed by atoms with Gasteiger partial charge in [-0.2, -0.15) is 13.2 Å². The molecule has 0 aliphatic carbocycles. The molecule has 0 atom stereocenters. The van der Waals surface area contributed by atoms with E-state index in [4.69, 9.17) is 9.47 Å². The van der Waals surface area contributed by atoms with Gasteiger partial charge in [-0.25, -0.2) is 0 Å². The molecule has 0 unspecified atom stereocenters. The minimum Gasteiger partial charge on any atom is -0.507 e. The first-order valence-corrected chi connectivity index (χ1v) is 13.2. The first-order valence-electron chi connectivity index (χ1n) is 13.2. The lowest BCUT2D eigenvalue weighted by Crippen LogP contribution is -2.35. The number of hydrogen-bond acceptors (Lipinski definition) is 5. The van der Waals surface area contributed by atoms with E-state index in [2.05, 4.69) is 4.90 Å². The van der Waals surface area contributed by atoms with E-state index >= 15 is 0 Å². The summed E-state index contributed by atoms with van der Waals surface area (Å²) in [5, 5.41) is 10.1. The predicted molar refractivity (Wildman–Crippen MR) is 155 cm³/mol. The van der Waals surface area contributed by atoms with Crippen LogP contribution in [-0.4, -0.2) is 54.6 Å². The Morgan fingerprint density at radius 2 is 1.71 bits per heavy atom. The third kappa shape index (κ3) is 8.61. The average Bonchev–Trinajstić information content (AvgIpc) is 2.92. The number of ketones is 1. The van der Waals surface area contributed by atoms with Gasteiger partial charge in [0.2, 0.25) is 0 Å². The van der Waals surface area contributed by atoms with Crippen LogP contribution in [-0.2, 0) is 12.6 Å². The van der Waals surface area contributed by atoms with E-state index in [9.17, 15) is 23.1 Å². The van der Waals surface area contributed by atoms with Crippen molar-refractivity contribution in [2.24, 2.45) is 5.92 Å². The highest BCUT2D eigenvalue weighted by Crippen LogP contribution is 2.45. The quantitative estimate of drug-likeness (QED) is 0.210. The molecule has 1 aliphatic heterocycles. The molecule has 4 rings (SSSR count). The van der Waals surface area contributed by atoms with Gasteiger partial charge in [-0.1, -0.05) is 36.4 Å². The number of benzene rings is 3. The van der Waals surface area contributed by atoms with Crippen molar-refractivity contribution in [3.63, 3.8) is 0 Å². The number of phenolic OH excluding ortho intramolecular Hbond substituents is 1. The van der Waals surface area contributed by atoms with Crippen molar-refractivity contribution in [1.82, 2.24) is 4.90 Å². The number of ether oxygens (including phenoxy) is 2. The highest BCUT2D eigenvalue weighted by Gasteiger charge is 2.38. The zero-order chi connectivity index (χ0) is 28.0. The van der Waals surface area contributed by atoms with Crippen LogP contribution in [0.15, 0.2) is 60.7 Å². The van der Waals surface area contributed by atoms with Crippen molar-refractivity contribution in [3.8, 4) is 28.4 Å². The lowest BCUT2D eigenvalue weighted by atomic mass is 9.84. The minimum atomic E-state index is -4.66. The SMILES string of the molecule is COc1cc(C(C)=O)ccc1OCCCN1CCC(Cc2ccc(O)c(C(F)(F)F)c2-c2ccccc2)CC1.Cl.O. The second-order valence-electron chi connectivity index (χ2n) is 9.97. The molecule has 0 amide bonds. The van der Waals surface area contributed by atoms with Crippen molar-refractivity contribution in [2.75, 3.05) is 33.4 Å². The first kappa shape index (κ1) is 33.9. The molecule has 1 aliphatic rings. The molecular weight excluding hydrogens is 559 g/mol. The average molecular weight is 596 g/mol. The molecule has 41 heavy (non-hydrogen) atoms. The maximum atomic E-state index is 14.0. The summed E-state index contributed by atoms with van der Waals surface area (Å²) in [6, 6.07) is 16.5. The van der Waals surface area contributed by atoms with Gasteiger partial charge in [0.05, 0.1) is 13.7 Å². The van der Waals surface area contributed by atoms with Crippen molar-refractivity contribution in [3.05, 3.63) is 77.4 Å². The number of phenols is 1. The second kappa shape index (κ2) is 15.1. The molecule has 0 spiro atoms. The topological polar surface area (TPSA) is 90.5 Å². The number of aromatic hydroxyl groups is 1. The number of Topliss-reactive ketones (excluding diaryl/α,β-unsaturated/α-hetero) is 1. The van der Waals surface area contributed by atoms with Crippen LogP contribution in [0.1, 0.15) is 47.7 Å². The number of alkyl halides is 3. The molecule has 0 saturated carbocycles. The number of carbonyl (C=O) groups excluding carboxylic acids is 1. The van der Waals surface area contributed by atoms with Gasteiger partial charge in [0.25, 0.3) is 0 Å². The fourth-order valence-electron chi connectivity index (χ4n) is 5.23. The number of likely N-dealkylation sites (tertiary alicyclic amines) is 1. The maximum absolute atomic E-state index is 14.0. The molecule has 0 aromatic heterocycles. The number of rotatable bonds is 10. The summed E-state index contributed by atoms with van der Waals surface area (Å²) in [7, 11) is 1.54. The number of nitrogens with zero attached hydrogens (tertiary/aromatic N) is 1. The molecule has 1 heterocycles. The first-order chi connectivity index (χ1) is 18.7. The Balaban J connectivity index is 0.00000294. The summed E-state index contributed by atoms with van der Waals surface area (Å²) < 4.78 is 53.1. The Morgan fingerprint density at radius 1 is 1.02 bits per heavy atom.